The van der Waals surface area contributed by atoms with Crippen molar-refractivity contribution in [3.63, 3.8) is 0 Å². The van der Waals surface area contributed by atoms with Gasteiger partial charge in [-0.2, -0.15) is 4.98 Å². The fraction of sp³-hybridized carbons (Fsp3) is 0.500. The van der Waals surface area contributed by atoms with Crippen LogP contribution in [0.5, 0.6) is 11.6 Å². The maximum Gasteiger partial charge on any atom is 0.259 e. The van der Waals surface area contributed by atoms with Crippen LogP contribution in [0.4, 0.5) is 5.82 Å². The number of fused-ring (bicyclic) bond motifs is 1. The molecule has 12 heteroatoms. The van der Waals surface area contributed by atoms with Crippen LogP contribution >= 0.6 is 0 Å². The summed E-state index contributed by atoms with van der Waals surface area (Å²) in [5, 5.41) is 7.16. The molecule has 0 bridgehead atoms. The molecule has 2 saturated carbocycles. The fourth-order valence-electron chi connectivity index (χ4n) is 4.81. The molecule has 1 saturated heterocycles. The van der Waals surface area contributed by atoms with Gasteiger partial charge in [0.1, 0.15) is 23.2 Å². The Morgan fingerprint density at radius 2 is 2.03 bits per heavy atom. The Kier molecular flexibility index (Phi) is 6.72. The van der Waals surface area contributed by atoms with Crippen LogP contribution in [0.2, 0.25) is 0 Å². The van der Waals surface area contributed by atoms with Crippen molar-refractivity contribution >= 4 is 38.4 Å². The lowest BCUT2D eigenvalue weighted by Gasteiger charge is -2.21. The summed E-state index contributed by atoms with van der Waals surface area (Å²) in [5.74, 6) is 0.468. The number of carbonyl (C=O) groups is 2. The number of aromatic nitrogens is 1. The number of carbonyl (C=O) groups excluding carboxylic acids is 2. The summed E-state index contributed by atoms with van der Waals surface area (Å²) in [6.07, 6.45) is 2.97. The molecule has 0 spiro atoms. The number of nitrogens with one attached hydrogen (secondary N) is 3. The molecule has 2 heterocycles. The average molecular weight is 544 g/mol. The zero-order chi connectivity index (χ0) is 27.2. The van der Waals surface area contributed by atoms with Crippen LogP contribution < -0.4 is 29.7 Å². The molecule has 2 amide bonds. The number of methoxy groups -OCH3 is 1. The van der Waals surface area contributed by atoms with E-state index in [1.54, 1.807) is 13.2 Å². The third-order valence-electron chi connectivity index (χ3n) is 7.38. The average Bonchev–Trinajstić information content (AvgIpc) is 3.80. The number of benzene rings is 1. The van der Waals surface area contributed by atoms with Crippen LogP contribution in [0, 0.1) is 5.92 Å². The van der Waals surface area contributed by atoms with Crippen LogP contribution in [-0.2, 0) is 19.6 Å². The van der Waals surface area contributed by atoms with E-state index in [0.29, 0.717) is 38.1 Å². The molecule has 1 aromatic carbocycles. The van der Waals surface area contributed by atoms with Crippen LogP contribution in [0.3, 0.4) is 0 Å². The first kappa shape index (κ1) is 26.2. The Balaban J connectivity index is 1.27. The third kappa shape index (κ3) is 5.02. The maximum absolute atomic E-state index is 13.2. The summed E-state index contributed by atoms with van der Waals surface area (Å²) < 4.78 is 38.4. The molecule has 0 unspecified atom stereocenters. The zero-order valence-electron chi connectivity index (χ0n) is 21.7. The molecular formula is C26H33N5O6S. The third-order valence-corrected chi connectivity index (χ3v) is 9.20. The fourth-order valence-corrected chi connectivity index (χ4v) is 6.17. The van der Waals surface area contributed by atoms with Gasteiger partial charge in [0.2, 0.25) is 21.8 Å². The molecule has 4 atom stereocenters. The van der Waals surface area contributed by atoms with Gasteiger partial charge in [0, 0.05) is 38.4 Å². The molecule has 3 fully saturated rings. The summed E-state index contributed by atoms with van der Waals surface area (Å²) in [6, 6.07) is 6.99. The molecule has 11 nitrogen and oxygen atoms in total. The van der Waals surface area contributed by atoms with Crippen molar-refractivity contribution in [2.75, 3.05) is 32.6 Å². The summed E-state index contributed by atoms with van der Waals surface area (Å²) in [5.41, 5.74) is -1.31. The molecule has 3 N–H and O–H groups in total. The van der Waals surface area contributed by atoms with E-state index in [9.17, 15) is 18.0 Å². The van der Waals surface area contributed by atoms with Crippen LogP contribution in [-0.4, -0.2) is 75.9 Å². The van der Waals surface area contributed by atoms with Gasteiger partial charge < -0.3 is 25.0 Å². The molecule has 1 aliphatic heterocycles. The minimum absolute atomic E-state index is 0.303. The number of sulfonamides is 1. The first-order valence-electron chi connectivity index (χ1n) is 12.6. The number of anilines is 1. The molecular weight excluding hydrogens is 510 g/mol. The van der Waals surface area contributed by atoms with Gasteiger partial charge in [-0.05, 0) is 48.9 Å². The summed E-state index contributed by atoms with van der Waals surface area (Å²) in [4.78, 5) is 32.7. The van der Waals surface area contributed by atoms with E-state index in [4.69, 9.17) is 9.47 Å². The quantitative estimate of drug-likeness (QED) is 0.376. The molecule has 3 aliphatic rings. The first-order valence-corrected chi connectivity index (χ1v) is 14.2. The smallest absolute Gasteiger partial charge is 0.259 e. The number of hydrogen-bond acceptors (Lipinski definition) is 9. The van der Waals surface area contributed by atoms with Gasteiger partial charge in [-0.1, -0.05) is 6.08 Å². The normalized spacial score (nSPS) is 26.4. The highest BCUT2D eigenvalue weighted by Gasteiger charge is 2.61. The predicted octanol–water partition coefficient (Wildman–Crippen LogP) is 1.09. The second kappa shape index (κ2) is 9.73. The summed E-state index contributed by atoms with van der Waals surface area (Å²) in [7, 11) is 1.67. The Morgan fingerprint density at radius 1 is 1.26 bits per heavy atom. The van der Waals surface area contributed by atoms with Gasteiger partial charge in [0.05, 0.1) is 18.4 Å². The maximum atomic E-state index is 13.2. The minimum Gasteiger partial charge on any atom is -0.497 e. The van der Waals surface area contributed by atoms with Gasteiger partial charge in [0.15, 0.2) is 0 Å². The van der Waals surface area contributed by atoms with Crippen molar-refractivity contribution < 1.29 is 27.5 Å². The molecule has 2 aliphatic carbocycles. The minimum atomic E-state index is -3.73. The van der Waals surface area contributed by atoms with E-state index in [1.807, 2.05) is 43.3 Å². The monoisotopic (exact) mass is 543 g/mol. The summed E-state index contributed by atoms with van der Waals surface area (Å²) >= 11 is 0. The molecule has 5 rings (SSSR count). The van der Waals surface area contributed by atoms with E-state index in [1.165, 1.54) is 0 Å². The molecule has 0 radical (unpaired) electrons. The van der Waals surface area contributed by atoms with Crippen molar-refractivity contribution in [1.29, 1.82) is 0 Å². The van der Waals surface area contributed by atoms with Gasteiger partial charge in [-0.25, -0.2) is 8.42 Å². The lowest BCUT2D eigenvalue weighted by atomic mass is 10.1. The van der Waals surface area contributed by atoms with Crippen LogP contribution in [0.25, 0.3) is 10.8 Å². The standard InChI is InChI=1S/C26H33N5O6S/c1-5-16-13-26(16,25(33)30-38(34,35)19-7-8-19)29-23(32)21-12-18(14-27-21)37-24-20-9-6-17(36-4)10-15(20)11-22(28-24)31(2)3/h5-6,9-11,16,18-19,21,27H,1,7-8,12-14H2,2-4H3,(H,29,32)(H,30,33)/t16-,18-,21+,26-/m1/s1. The lowest BCUT2D eigenvalue weighted by molar-refractivity contribution is -0.130. The number of nitrogens with zero attached hydrogens (tertiary/aromatic N) is 2. The second-order valence-corrected chi connectivity index (χ2v) is 12.3. The van der Waals surface area contributed by atoms with Crippen molar-refractivity contribution in [1.82, 2.24) is 20.3 Å². The zero-order valence-corrected chi connectivity index (χ0v) is 22.5. The van der Waals surface area contributed by atoms with Crippen molar-refractivity contribution in [2.45, 2.75) is 48.6 Å². The Labute approximate surface area is 222 Å². The van der Waals surface area contributed by atoms with E-state index < -0.39 is 32.8 Å². The SMILES string of the molecule is C=C[C@@H]1C[C@]1(NC(=O)[C@@H]1C[C@@H](Oc2nc(N(C)C)cc3cc(OC)ccc23)CN1)C(=O)NS(=O)(=O)C1CC1. The molecule has 204 valence electrons. The van der Waals surface area contributed by atoms with Crippen molar-refractivity contribution in [3.05, 3.63) is 36.9 Å². The Morgan fingerprint density at radius 3 is 2.66 bits per heavy atom. The van der Waals surface area contributed by atoms with E-state index in [0.717, 1.165) is 22.3 Å². The van der Waals surface area contributed by atoms with Crippen LogP contribution in [0.1, 0.15) is 25.7 Å². The van der Waals surface area contributed by atoms with Crippen molar-refractivity contribution in [2.24, 2.45) is 5.92 Å². The summed E-state index contributed by atoms with van der Waals surface area (Å²) in [6.45, 7) is 4.13. The van der Waals surface area contributed by atoms with Crippen molar-refractivity contribution in [3.8, 4) is 11.6 Å². The highest BCUT2D eigenvalue weighted by atomic mass is 32.2. The number of amides is 2. The molecule has 1 aromatic heterocycles. The second-order valence-electron chi connectivity index (χ2n) is 10.4. The van der Waals surface area contributed by atoms with Gasteiger partial charge in [0.25, 0.3) is 5.91 Å². The lowest BCUT2D eigenvalue weighted by Crippen LogP contribution is -2.55. The number of rotatable bonds is 10. The Hall–Kier alpha value is -3.38. The first-order chi connectivity index (χ1) is 18.1. The largest absolute Gasteiger partial charge is 0.497 e. The predicted molar refractivity (Wildman–Crippen MR) is 143 cm³/mol. The highest BCUT2D eigenvalue weighted by Crippen LogP contribution is 2.45. The molecule has 2 aromatic rings. The Bertz CT molecular complexity index is 1390. The molecule has 38 heavy (non-hydrogen) atoms. The topological polar surface area (TPSA) is 139 Å². The van der Waals surface area contributed by atoms with E-state index in [2.05, 4.69) is 26.9 Å². The number of hydrogen-bond donors (Lipinski definition) is 3. The highest BCUT2D eigenvalue weighted by molar-refractivity contribution is 7.91. The van der Waals surface area contributed by atoms with E-state index in [-0.39, 0.29) is 17.9 Å². The van der Waals surface area contributed by atoms with Gasteiger partial charge in [-0.15, -0.1) is 6.58 Å². The van der Waals surface area contributed by atoms with Gasteiger partial charge in [-0.3, -0.25) is 14.3 Å². The van der Waals surface area contributed by atoms with Crippen LogP contribution in [0.15, 0.2) is 36.9 Å². The number of pyridine rings is 1. The van der Waals surface area contributed by atoms with E-state index >= 15 is 0 Å². The number of ether oxygens (including phenoxy) is 2. The van der Waals surface area contributed by atoms with Gasteiger partial charge >= 0.3 is 0 Å².